The van der Waals surface area contributed by atoms with Crippen molar-refractivity contribution >= 4 is 40.9 Å². The van der Waals surface area contributed by atoms with E-state index in [-0.39, 0.29) is 18.2 Å². The SMILES string of the molecule is COc1cccc(Oc2ccc(CNC(=O)CC3Sc4ccc(Cl)cc4NC3=O)cn2)c1. The molecule has 2 N–H and O–H groups in total. The molecule has 1 atom stereocenters. The number of carbonyl (C=O) groups is 2. The molecule has 0 radical (unpaired) electrons. The van der Waals surface area contributed by atoms with Gasteiger partial charge in [-0.25, -0.2) is 4.98 Å². The van der Waals surface area contributed by atoms with Crippen molar-refractivity contribution in [3.63, 3.8) is 0 Å². The lowest BCUT2D eigenvalue weighted by Gasteiger charge is -2.23. The molecule has 0 aliphatic carbocycles. The van der Waals surface area contributed by atoms with Crippen molar-refractivity contribution in [1.82, 2.24) is 10.3 Å². The van der Waals surface area contributed by atoms with E-state index in [1.807, 2.05) is 30.3 Å². The van der Waals surface area contributed by atoms with Crippen LogP contribution in [0.4, 0.5) is 5.69 Å². The number of nitrogens with one attached hydrogen (secondary N) is 2. The van der Waals surface area contributed by atoms with Crippen LogP contribution in [-0.2, 0) is 16.1 Å². The Morgan fingerprint density at radius 3 is 2.81 bits per heavy atom. The Bertz CT molecular complexity index is 1140. The quantitative estimate of drug-likeness (QED) is 0.523. The molecule has 164 valence electrons. The molecule has 1 aliphatic rings. The number of nitrogens with zero attached hydrogens (tertiary/aromatic N) is 1. The van der Waals surface area contributed by atoms with Gasteiger partial charge in [-0.15, -0.1) is 11.8 Å². The predicted octanol–water partition coefficient (Wildman–Crippen LogP) is 4.66. The molecule has 9 heteroatoms. The first kappa shape index (κ1) is 22.0. The number of hydrogen-bond donors (Lipinski definition) is 2. The molecule has 0 spiro atoms. The normalized spacial score (nSPS) is 14.8. The number of halogens is 1. The van der Waals surface area contributed by atoms with E-state index < -0.39 is 5.25 Å². The lowest BCUT2D eigenvalue weighted by atomic mass is 10.2. The molecule has 2 aromatic carbocycles. The van der Waals surface area contributed by atoms with Crippen molar-refractivity contribution in [3.05, 3.63) is 71.4 Å². The third-order valence-electron chi connectivity index (χ3n) is 4.68. The summed E-state index contributed by atoms with van der Waals surface area (Å²) in [7, 11) is 1.59. The highest BCUT2D eigenvalue weighted by Gasteiger charge is 2.29. The zero-order valence-corrected chi connectivity index (χ0v) is 18.7. The highest BCUT2D eigenvalue weighted by Crippen LogP contribution is 2.38. The maximum absolute atomic E-state index is 12.4. The molecule has 1 aromatic heterocycles. The minimum absolute atomic E-state index is 0.0725. The number of anilines is 1. The van der Waals surface area contributed by atoms with Gasteiger partial charge in [0.15, 0.2) is 0 Å². The van der Waals surface area contributed by atoms with Crippen molar-refractivity contribution in [2.24, 2.45) is 0 Å². The Hall–Kier alpha value is -3.23. The van der Waals surface area contributed by atoms with E-state index in [0.29, 0.717) is 34.6 Å². The fourth-order valence-electron chi connectivity index (χ4n) is 3.06. The zero-order valence-electron chi connectivity index (χ0n) is 17.1. The molecule has 3 aromatic rings. The predicted molar refractivity (Wildman–Crippen MR) is 123 cm³/mol. The van der Waals surface area contributed by atoms with Gasteiger partial charge in [-0.3, -0.25) is 9.59 Å². The fourth-order valence-corrected chi connectivity index (χ4v) is 4.32. The van der Waals surface area contributed by atoms with Crippen LogP contribution in [0.15, 0.2) is 65.7 Å². The van der Waals surface area contributed by atoms with Crippen LogP contribution in [0.3, 0.4) is 0 Å². The number of hydrogen-bond acceptors (Lipinski definition) is 6. The molecule has 0 saturated heterocycles. The smallest absolute Gasteiger partial charge is 0.238 e. The lowest BCUT2D eigenvalue weighted by Crippen LogP contribution is -2.34. The lowest BCUT2D eigenvalue weighted by molar-refractivity contribution is -0.124. The Kier molecular flexibility index (Phi) is 6.82. The summed E-state index contributed by atoms with van der Waals surface area (Å²) in [6.45, 7) is 0.302. The Morgan fingerprint density at radius 1 is 1.19 bits per heavy atom. The van der Waals surface area contributed by atoms with E-state index in [0.717, 1.165) is 10.5 Å². The minimum atomic E-state index is -0.500. The summed E-state index contributed by atoms with van der Waals surface area (Å²) in [5.74, 6) is 1.32. The molecule has 4 rings (SSSR count). The molecule has 0 bridgehead atoms. The monoisotopic (exact) mass is 469 g/mol. The second-order valence-corrected chi connectivity index (χ2v) is 8.68. The standard InChI is InChI=1S/C23H20ClN3O4S/c1-30-16-3-2-4-17(10-16)31-22-8-5-14(13-26-22)12-25-21(28)11-20-23(29)27-18-9-15(24)6-7-19(18)32-20/h2-10,13,20H,11-12H2,1H3,(H,25,28)(H,27,29). The van der Waals surface area contributed by atoms with Gasteiger partial charge in [-0.05, 0) is 35.9 Å². The maximum Gasteiger partial charge on any atom is 0.238 e. The van der Waals surface area contributed by atoms with Crippen molar-refractivity contribution in [3.8, 4) is 17.4 Å². The second-order valence-electron chi connectivity index (χ2n) is 7.00. The van der Waals surface area contributed by atoms with Crippen LogP contribution in [0.1, 0.15) is 12.0 Å². The van der Waals surface area contributed by atoms with Crippen LogP contribution < -0.4 is 20.1 Å². The van der Waals surface area contributed by atoms with Crippen LogP contribution in [0.2, 0.25) is 5.02 Å². The molecule has 7 nitrogen and oxygen atoms in total. The van der Waals surface area contributed by atoms with Gasteiger partial charge in [0.1, 0.15) is 11.5 Å². The summed E-state index contributed by atoms with van der Waals surface area (Å²) in [5, 5.41) is 5.69. The molecule has 0 fully saturated rings. The van der Waals surface area contributed by atoms with Gasteiger partial charge in [0.05, 0.1) is 18.0 Å². The van der Waals surface area contributed by atoms with Gasteiger partial charge in [-0.1, -0.05) is 23.7 Å². The highest BCUT2D eigenvalue weighted by atomic mass is 35.5. The Morgan fingerprint density at radius 2 is 2.03 bits per heavy atom. The Labute approximate surface area is 194 Å². The molecule has 0 saturated carbocycles. The van der Waals surface area contributed by atoms with Gasteiger partial charge in [0.25, 0.3) is 0 Å². The molecular formula is C23H20ClN3O4S. The Balaban J connectivity index is 1.28. The largest absolute Gasteiger partial charge is 0.497 e. The molecule has 1 aliphatic heterocycles. The number of methoxy groups -OCH3 is 1. The van der Waals surface area contributed by atoms with Crippen LogP contribution in [0.25, 0.3) is 0 Å². The summed E-state index contributed by atoms with van der Waals surface area (Å²) < 4.78 is 10.9. The van der Waals surface area contributed by atoms with E-state index in [4.69, 9.17) is 21.1 Å². The van der Waals surface area contributed by atoms with Gasteiger partial charge >= 0.3 is 0 Å². The molecule has 2 heterocycles. The zero-order chi connectivity index (χ0) is 22.5. The number of amides is 2. The average Bonchev–Trinajstić information content (AvgIpc) is 2.79. The van der Waals surface area contributed by atoms with Crippen molar-refractivity contribution in [2.75, 3.05) is 12.4 Å². The first-order valence-corrected chi connectivity index (χ1v) is 11.1. The number of aromatic nitrogens is 1. The van der Waals surface area contributed by atoms with E-state index in [9.17, 15) is 9.59 Å². The summed E-state index contributed by atoms with van der Waals surface area (Å²) >= 11 is 7.32. The molecule has 1 unspecified atom stereocenters. The second kappa shape index (κ2) is 9.93. The fraction of sp³-hybridized carbons (Fsp3) is 0.174. The van der Waals surface area contributed by atoms with Gasteiger partial charge in [0.2, 0.25) is 17.7 Å². The first-order chi connectivity index (χ1) is 15.5. The number of pyridine rings is 1. The first-order valence-electron chi connectivity index (χ1n) is 9.81. The van der Waals surface area contributed by atoms with E-state index in [1.54, 1.807) is 37.6 Å². The van der Waals surface area contributed by atoms with E-state index in [2.05, 4.69) is 15.6 Å². The van der Waals surface area contributed by atoms with E-state index in [1.165, 1.54) is 11.8 Å². The highest BCUT2D eigenvalue weighted by molar-refractivity contribution is 8.01. The van der Waals surface area contributed by atoms with Crippen molar-refractivity contribution in [2.45, 2.75) is 23.1 Å². The van der Waals surface area contributed by atoms with Crippen LogP contribution >= 0.6 is 23.4 Å². The third kappa shape index (κ3) is 5.52. The number of benzene rings is 2. The molecule has 2 amide bonds. The van der Waals surface area contributed by atoms with Crippen LogP contribution in [0, 0.1) is 0 Å². The van der Waals surface area contributed by atoms with Crippen molar-refractivity contribution < 1.29 is 19.1 Å². The average molecular weight is 470 g/mol. The summed E-state index contributed by atoms with van der Waals surface area (Å²) in [5.41, 5.74) is 1.49. The van der Waals surface area contributed by atoms with Gasteiger partial charge in [0, 0.05) is 41.2 Å². The number of ether oxygens (including phenoxy) is 2. The van der Waals surface area contributed by atoms with E-state index >= 15 is 0 Å². The summed E-state index contributed by atoms with van der Waals surface area (Å²) in [6, 6.07) is 16.1. The number of fused-ring (bicyclic) bond motifs is 1. The number of thioether (sulfide) groups is 1. The molecular weight excluding hydrogens is 450 g/mol. The summed E-state index contributed by atoms with van der Waals surface area (Å²) in [4.78, 5) is 29.9. The maximum atomic E-state index is 12.4. The third-order valence-corrected chi connectivity index (χ3v) is 6.19. The topological polar surface area (TPSA) is 89.5 Å². The van der Waals surface area contributed by atoms with Gasteiger partial charge < -0.3 is 20.1 Å². The van der Waals surface area contributed by atoms with Crippen LogP contribution in [-0.4, -0.2) is 29.2 Å². The number of carbonyl (C=O) groups excluding carboxylic acids is 2. The van der Waals surface area contributed by atoms with Gasteiger partial charge in [-0.2, -0.15) is 0 Å². The van der Waals surface area contributed by atoms with Crippen molar-refractivity contribution in [1.29, 1.82) is 0 Å². The van der Waals surface area contributed by atoms with Crippen LogP contribution in [0.5, 0.6) is 17.4 Å². The minimum Gasteiger partial charge on any atom is -0.497 e. The summed E-state index contributed by atoms with van der Waals surface area (Å²) in [6.07, 6.45) is 1.71. The molecule has 32 heavy (non-hydrogen) atoms. The number of rotatable bonds is 7.